The van der Waals surface area contributed by atoms with Gasteiger partial charge in [-0.25, -0.2) is 4.79 Å². The van der Waals surface area contributed by atoms with Gasteiger partial charge in [-0.05, 0) is 38.3 Å². The molecule has 2 heterocycles. The lowest BCUT2D eigenvalue weighted by atomic mass is 9.90. The number of hydrogen-bond acceptors (Lipinski definition) is 3. The van der Waals surface area contributed by atoms with Crippen LogP contribution in [0.4, 0.5) is 10.5 Å². The molecule has 1 aromatic rings. The third-order valence-electron chi connectivity index (χ3n) is 5.15. The van der Waals surface area contributed by atoms with E-state index >= 15 is 0 Å². The quantitative estimate of drug-likeness (QED) is 0.890. The topological polar surface area (TPSA) is 72.9 Å². The molecule has 0 aliphatic carbocycles. The van der Waals surface area contributed by atoms with Crippen LogP contribution < -0.4 is 10.2 Å². The highest BCUT2D eigenvalue weighted by Crippen LogP contribution is 2.30. The molecule has 2 aliphatic rings. The zero-order valence-electron chi connectivity index (χ0n) is 14.1. The number of amides is 2. The third kappa shape index (κ3) is 3.47. The lowest BCUT2D eigenvalue weighted by Crippen LogP contribution is -2.51. The van der Waals surface area contributed by atoms with Crippen molar-refractivity contribution >= 4 is 17.7 Å². The largest absolute Gasteiger partial charge is 0.481 e. The number of rotatable bonds is 3. The van der Waals surface area contributed by atoms with Crippen molar-refractivity contribution in [1.82, 2.24) is 10.2 Å². The Morgan fingerprint density at radius 1 is 1.25 bits per heavy atom. The summed E-state index contributed by atoms with van der Waals surface area (Å²) in [5, 5.41) is 12.4. The molecule has 2 unspecified atom stereocenters. The zero-order chi connectivity index (χ0) is 17.2. The van der Waals surface area contributed by atoms with Crippen LogP contribution in [0.25, 0.3) is 0 Å². The molecule has 0 bridgehead atoms. The van der Waals surface area contributed by atoms with Crippen molar-refractivity contribution in [2.45, 2.75) is 32.2 Å². The van der Waals surface area contributed by atoms with Gasteiger partial charge < -0.3 is 20.2 Å². The second-order valence-electron chi connectivity index (χ2n) is 7.11. The average Bonchev–Trinajstić information content (AvgIpc) is 3.00. The molecule has 2 saturated heterocycles. The summed E-state index contributed by atoms with van der Waals surface area (Å²) in [7, 11) is 0. The zero-order valence-corrected chi connectivity index (χ0v) is 14.1. The van der Waals surface area contributed by atoms with Crippen molar-refractivity contribution in [3.8, 4) is 0 Å². The summed E-state index contributed by atoms with van der Waals surface area (Å²) in [6.07, 6.45) is 2.50. The number of anilines is 1. The van der Waals surface area contributed by atoms with Crippen LogP contribution in [0.15, 0.2) is 30.3 Å². The van der Waals surface area contributed by atoms with E-state index in [4.69, 9.17) is 0 Å². The molecule has 130 valence electrons. The first-order chi connectivity index (χ1) is 11.5. The monoisotopic (exact) mass is 331 g/mol. The second-order valence-corrected chi connectivity index (χ2v) is 7.11. The lowest BCUT2D eigenvalue weighted by Gasteiger charge is -2.35. The molecule has 0 spiro atoms. The normalized spacial score (nSPS) is 27.1. The van der Waals surface area contributed by atoms with Gasteiger partial charge in [-0.2, -0.15) is 0 Å². The van der Waals surface area contributed by atoms with Gasteiger partial charge in [-0.1, -0.05) is 18.2 Å². The van der Waals surface area contributed by atoms with E-state index in [0.717, 1.165) is 25.9 Å². The number of benzene rings is 1. The van der Waals surface area contributed by atoms with Gasteiger partial charge in [0.15, 0.2) is 0 Å². The van der Waals surface area contributed by atoms with Crippen LogP contribution >= 0.6 is 0 Å². The average molecular weight is 331 g/mol. The van der Waals surface area contributed by atoms with E-state index in [0.29, 0.717) is 13.0 Å². The number of para-hydroxylation sites is 1. The van der Waals surface area contributed by atoms with E-state index < -0.39 is 11.4 Å². The molecular formula is C18H25N3O3. The van der Waals surface area contributed by atoms with Crippen LogP contribution in [0.1, 0.15) is 26.2 Å². The SMILES string of the molecule is CC1(C(=O)O)CCN(C(=O)NC2CCCN(c3ccccc3)C2)C1. The Morgan fingerprint density at radius 2 is 2.00 bits per heavy atom. The maximum absolute atomic E-state index is 12.5. The minimum Gasteiger partial charge on any atom is -0.481 e. The first-order valence-electron chi connectivity index (χ1n) is 8.57. The minimum absolute atomic E-state index is 0.100. The number of urea groups is 1. The van der Waals surface area contributed by atoms with Crippen molar-refractivity contribution in [2.24, 2.45) is 5.41 Å². The predicted molar refractivity (Wildman–Crippen MR) is 92.1 cm³/mol. The maximum Gasteiger partial charge on any atom is 0.317 e. The van der Waals surface area contributed by atoms with Gasteiger partial charge in [-0.15, -0.1) is 0 Å². The number of likely N-dealkylation sites (tertiary alicyclic amines) is 1. The van der Waals surface area contributed by atoms with E-state index in [1.165, 1.54) is 5.69 Å². The van der Waals surface area contributed by atoms with Gasteiger partial charge in [0.25, 0.3) is 0 Å². The summed E-state index contributed by atoms with van der Waals surface area (Å²) in [4.78, 5) is 27.7. The highest BCUT2D eigenvalue weighted by atomic mass is 16.4. The predicted octanol–water partition coefficient (Wildman–Crippen LogP) is 2.16. The fourth-order valence-corrected chi connectivity index (χ4v) is 3.54. The van der Waals surface area contributed by atoms with Crippen LogP contribution in [-0.2, 0) is 4.79 Å². The Bertz CT molecular complexity index is 607. The van der Waals surface area contributed by atoms with Gasteiger partial charge in [0, 0.05) is 37.9 Å². The molecule has 2 amide bonds. The van der Waals surface area contributed by atoms with Crippen LogP contribution in [-0.4, -0.2) is 54.2 Å². The smallest absolute Gasteiger partial charge is 0.317 e. The number of piperidine rings is 1. The number of carboxylic acids is 1. The Morgan fingerprint density at radius 3 is 2.67 bits per heavy atom. The second kappa shape index (κ2) is 6.71. The van der Waals surface area contributed by atoms with Crippen LogP contribution in [0, 0.1) is 5.41 Å². The molecule has 3 rings (SSSR count). The first-order valence-corrected chi connectivity index (χ1v) is 8.57. The number of carboxylic acid groups (broad SMARTS) is 1. The van der Waals surface area contributed by atoms with Crippen LogP contribution in [0.2, 0.25) is 0 Å². The fraction of sp³-hybridized carbons (Fsp3) is 0.556. The molecule has 2 N–H and O–H groups in total. The molecule has 6 heteroatoms. The van der Waals surface area contributed by atoms with Gasteiger partial charge in [0.1, 0.15) is 0 Å². The van der Waals surface area contributed by atoms with E-state index in [1.807, 2.05) is 18.2 Å². The molecule has 0 saturated carbocycles. The van der Waals surface area contributed by atoms with E-state index in [9.17, 15) is 14.7 Å². The minimum atomic E-state index is -0.828. The molecule has 2 aliphatic heterocycles. The molecule has 6 nitrogen and oxygen atoms in total. The highest BCUT2D eigenvalue weighted by molar-refractivity contribution is 5.79. The third-order valence-corrected chi connectivity index (χ3v) is 5.15. The number of nitrogens with one attached hydrogen (secondary N) is 1. The highest BCUT2D eigenvalue weighted by Gasteiger charge is 2.42. The Labute approximate surface area is 142 Å². The first kappa shape index (κ1) is 16.6. The number of hydrogen-bond donors (Lipinski definition) is 2. The lowest BCUT2D eigenvalue weighted by molar-refractivity contribution is -0.146. The summed E-state index contributed by atoms with van der Waals surface area (Å²) in [6.45, 7) is 4.28. The number of aliphatic carboxylic acids is 1. The number of nitrogens with zero attached hydrogens (tertiary/aromatic N) is 2. The van der Waals surface area contributed by atoms with E-state index in [-0.39, 0.29) is 18.6 Å². The van der Waals surface area contributed by atoms with Gasteiger partial charge in [-0.3, -0.25) is 4.79 Å². The van der Waals surface area contributed by atoms with Crippen molar-refractivity contribution in [3.63, 3.8) is 0 Å². The Hall–Kier alpha value is -2.24. The van der Waals surface area contributed by atoms with Gasteiger partial charge in [0.05, 0.1) is 5.41 Å². The van der Waals surface area contributed by atoms with Crippen molar-refractivity contribution < 1.29 is 14.7 Å². The fourth-order valence-electron chi connectivity index (χ4n) is 3.54. The van der Waals surface area contributed by atoms with Crippen LogP contribution in [0.3, 0.4) is 0 Å². The number of carbonyl (C=O) groups excluding carboxylic acids is 1. The van der Waals surface area contributed by atoms with Crippen molar-refractivity contribution in [2.75, 3.05) is 31.1 Å². The van der Waals surface area contributed by atoms with Crippen molar-refractivity contribution in [1.29, 1.82) is 0 Å². The summed E-state index contributed by atoms with van der Waals surface area (Å²) in [5.41, 5.74) is 0.357. The Balaban J connectivity index is 1.56. The number of carbonyl (C=O) groups is 2. The van der Waals surface area contributed by atoms with Gasteiger partial charge in [0.2, 0.25) is 0 Å². The molecule has 0 radical (unpaired) electrons. The molecule has 0 aromatic heterocycles. The Kier molecular flexibility index (Phi) is 4.64. The van der Waals surface area contributed by atoms with E-state index in [2.05, 4.69) is 22.3 Å². The van der Waals surface area contributed by atoms with Gasteiger partial charge >= 0.3 is 12.0 Å². The summed E-state index contributed by atoms with van der Waals surface area (Å²) >= 11 is 0. The summed E-state index contributed by atoms with van der Waals surface area (Å²) in [6, 6.07) is 10.2. The molecular weight excluding hydrogens is 306 g/mol. The molecule has 2 atom stereocenters. The maximum atomic E-state index is 12.5. The molecule has 1 aromatic carbocycles. The standard InChI is InChI=1S/C18H25N3O3/c1-18(16(22)23)9-11-21(13-18)17(24)19-14-6-5-10-20(12-14)15-7-3-2-4-8-15/h2-4,7-8,14H,5-6,9-13H2,1H3,(H,19,24)(H,22,23). The van der Waals surface area contributed by atoms with E-state index in [1.54, 1.807) is 11.8 Å². The van der Waals surface area contributed by atoms with Crippen molar-refractivity contribution in [3.05, 3.63) is 30.3 Å². The summed E-state index contributed by atoms with van der Waals surface area (Å²) in [5.74, 6) is -0.828. The van der Waals surface area contributed by atoms with Crippen LogP contribution in [0.5, 0.6) is 0 Å². The molecule has 2 fully saturated rings. The summed E-state index contributed by atoms with van der Waals surface area (Å²) < 4.78 is 0. The molecule has 24 heavy (non-hydrogen) atoms.